The molecule has 8 nitrogen and oxygen atoms in total. The van der Waals surface area contributed by atoms with Crippen molar-refractivity contribution in [1.82, 2.24) is 0 Å². The predicted molar refractivity (Wildman–Crippen MR) is 122 cm³/mol. The Labute approximate surface area is 210 Å². The number of benzene rings is 4. The third kappa shape index (κ3) is 5.96. The Kier molecular flexibility index (Phi) is 7.61. The number of phenolic OH excluding ortho intramolecular Hbond substituents is 2. The van der Waals surface area contributed by atoms with E-state index in [-0.39, 0.29) is 11.5 Å². The molecule has 38 heavy (non-hydrogen) atoms. The van der Waals surface area contributed by atoms with Crippen LogP contribution in [0.5, 0.6) is 23.0 Å². The molecule has 4 aromatic rings. The molecule has 0 fully saturated rings. The molecule has 0 radical (unpaired) electrons. The summed E-state index contributed by atoms with van der Waals surface area (Å²) < 4.78 is 127. The highest BCUT2D eigenvalue weighted by Crippen LogP contribution is 2.37. The lowest BCUT2D eigenvalue weighted by Crippen LogP contribution is -2.28. The Bertz CT molecular complexity index is 1570. The van der Waals surface area contributed by atoms with E-state index in [9.17, 15) is 53.4 Å². The van der Waals surface area contributed by atoms with E-state index in [1.54, 1.807) is 36.4 Å². The van der Waals surface area contributed by atoms with E-state index in [4.69, 9.17) is 0 Å². The van der Waals surface area contributed by atoms with Crippen molar-refractivity contribution in [3.8, 4) is 23.0 Å². The third-order valence-electron chi connectivity index (χ3n) is 4.68. The zero-order valence-electron chi connectivity index (χ0n) is 18.4. The molecule has 0 unspecified atom stereocenters. The van der Waals surface area contributed by atoms with Gasteiger partial charge >= 0.3 is 31.3 Å². The number of fused-ring (bicyclic) bond motifs is 2. The Morgan fingerprint density at radius 2 is 0.789 bits per heavy atom. The second kappa shape index (κ2) is 10.1. The summed E-state index contributed by atoms with van der Waals surface area (Å²) in [5.74, 6) is -1.36. The van der Waals surface area contributed by atoms with Gasteiger partial charge in [-0.2, -0.15) is 43.2 Å². The summed E-state index contributed by atoms with van der Waals surface area (Å²) in [5.41, 5.74) is -11.5. The second-order valence-corrected chi connectivity index (χ2v) is 10.3. The van der Waals surface area contributed by atoms with Gasteiger partial charge in [0.25, 0.3) is 0 Å². The minimum absolute atomic E-state index is 0.198. The van der Waals surface area contributed by atoms with Crippen molar-refractivity contribution >= 4 is 41.8 Å². The van der Waals surface area contributed by atoms with Crippen molar-refractivity contribution in [3.05, 3.63) is 72.8 Å². The van der Waals surface area contributed by atoms with E-state index in [1.165, 1.54) is 0 Å². The SMILES string of the molecule is O=S(=O)(Oc1cccc2c(OS(=O)(=O)C(F)(F)F)cccc12)C(F)(F)F.Oc1cccc2c(O)cccc12. The molecular weight excluding hydrogens is 570 g/mol. The van der Waals surface area contributed by atoms with E-state index >= 15 is 0 Å². The van der Waals surface area contributed by atoms with Gasteiger partial charge in [-0.15, -0.1) is 0 Å². The first kappa shape index (κ1) is 28.6. The smallest absolute Gasteiger partial charge is 0.507 e. The van der Waals surface area contributed by atoms with Crippen LogP contribution in [0.4, 0.5) is 26.3 Å². The largest absolute Gasteiger partial charge is 0.534 e. The molecule has 0 heterocycles. The summed E-state index contributed by atoms with van der Waals surface area (Å²) in [6.07, 6.45) is 0. The number of halogens is 6. The van der Waals surface area contributed by atoms with Gasteiger partial charge in [0.15, 0.2) is 11.5 Å². The minimum Gasteiger partial charge on any atom is -0.507 e. The first-order valence-electron chi connectivity index (χ1n) is 9.87. The van der Waals surface area contributed by atoms with Crippen molar-refractivity contribution < 1.29 is 61.8 Å². The Morgan fingerprint density at radius 3 is 1.11 bits per heavy atom. The van der Waals surface area contributed by atoms with Crippen molar-refractivity contribution in [1.29, 1.82) is 0 Å². The first-order chi connectivity index (χ1) is 17.4. The number of alkyl halides is 6. The van der Waals surface area contributed by atoms with Gasteiger partial charge in [-0.25, -0.2) is 0 Å². The predicted octanol–water partition coefficient (Wildman–Crippen LogP) is 5.55. The monoisotopic (exact) mass is 584 g/mol. The van der Waals surface area contributed by atoms with Crippen molar-refractivity contribution in [3.63, 3.8) is 0 Å². The quantitative estimate of drug-likeness (QED) is 0.182. The minimum atomic E-state index is -6.05. The number of rotatable bonds is 4. The summed E-state index contributed by atoms with van der Waals surface area (Å²) in [7, 11) is -12.1. The molecule has 4 aromatic carbocycles. The summed E-state index contributed by atoms with van der Waals surface area (Å²) in [6, 6.07) is 15.6. The number of phenols is 2. The Hall–Kier alpha value is -3.92. The molecular formula is C22H14F6O8S2. The topological polar surface area (TPSA) is 127 Å². The molecule has 0 atom stereocenters. The molecule has 0 aromatic heterocycles. The van der Waals surface area contributed by atoms with Crippen LogP contribution in [-0.4, -0.2) is 38.1 Å². The Balaban J connectivity index is 0.000000275. The van der Waals surface area contributed by atoms with Gasteiger partial charge in [-0.05, 0) is 24.3 Å². The van der Waals surface area contributed by atoms with Crippen LogP contribution in [0, 0.1) is 0 Å². The molecule has 0 bridgehead atoms. The molecule has 0 saturated heterocycles. The van der Waals surface area contributed by atoms with E-state index in [1.807, 2.05) is 0 Å². The molecule has 0 aliphatic carbocycles. The lowest BCUT2D eigenvalue weighted by Gasteiger charge is -2.14. The van der Waals surface area contributed by atoms with Gasteiger partial charge in [0.1, 0.15) is 11.5 Å². The summed E-state index contributed by atoms with van der Waals surface area (Å²) in [5, 5.41) is 19.3. The fourth-order valence-electron chi connectivity index (χ4n) is 3.01. The summed E-state index contributed by atoms with van der Waals surface area (Å²) >= 11 is 0. The van der Waals surface area contributed by atoms with E-state index < -0.39 is 53.5 Å². The van der Waals surface area contributed by atoms with Crippen LogP contribution in [0.15, 0.2) is 72.8 Å². The van der Waals surface area contributed by atoms with E-state index in [0.29, 0.717) is 10.8 Å². The highest BCUT2D eigenvalue weighted by Gasteiger charge is 2.49. The second-order valence-electron chi connectivity index (χ2n) is 7.22. The molecule has 0 amide bonds. The number of aromatic hydroxyl groups is 2. The average molecular weight is 584 g/mol. The van der Waals surface area contributed by atoms with Crippen LogP contribution in [0.25, 0.3) is 21.5 Å². The highest BCUT2D eigenvalue weighted by molar-refractivity contribution is 7.88. The summed E-state index contributed by atoms with van der Waals surface area (Å²) in [4.78, 5) is 0. The molecule has 4 rings (SSSR count). The van der Waals surface area contributed by atoms with Crippen LogP contribution in [0.3, 0.4) is 0 Å². The molecule has 0 aliphatic rings. The molecule has 0 aliphatic heterocycles. The van der Waals surface area contributed by atoms with Gasteiger partial charge in [0.05, 0.1) is 0 Å². The van der Waals surface area contributed by atoms with Crippen molar-refractivity contribution in [2.45, 2.75) is 11.0 Å². The van der Waals surface area contributed by atoms with E-state index in [2.05, 4.69) is 8.37 Å². The molecule has 0 spiro atoms. The Morgan fingerprint density at radius 1 is 0.500 bits per heavy atom. The first-order valence-corrected chi connectivity index (χ1v) is 12.7. The zero-order chi connectivity index (χ0) is 28.5. The van der Waals surface area contributed by atoms with Crippen molar-refractivity contribution in [2.75, 3.05) is 0 Å². The van der Waals surface area contributed by atoms with Gasteiger partial charge in [-0.3, -0.25) is 0 Å². The third-order valence-corrected chi connectivity index (χ3v) is 6.62. The van der Waals surface area contributed by atoms with Crippen LogP contribution in [0.2, 0.25) is 0 Å². The van der Waals surface area contributed by atoms with E-state index in [0.717, 1.165) is 36.4 Å². The van der Waals surface area contributed by atoms with Crippen LogP contribution in [0.1, 0.15) is 0 Å². The molecule has 0 saturated carbocycles. The zero-order valence-corrected chi connectivity index (χ0v) is 20.0. The normalized spacial score (nSPS) is 12.6. The highest BCUT2D eigenvalue weighted by atomic mass is 32.2. The average Bonchev–Trinajstić information content (AvgIpc) is 2.79. The van der Waals surface area contributed by atoms with Gasteiger partial charge in [0, 0.05) is 21.5 Å². The van der Waals surface area contributed by atoms with Gasteiger partial charge in [-0.1, -0.05) is 48.5 Å². The van der Waals surface area contributed by atoms with Crippen LogP contribution < -0.4 is 8.37 Å². The van der Waals surface area contributed by atoms with Crippen LogP contribution in [-0.2, 0) is 20.2 Å². The van der Waals surface area contributed by atoms with Crippen molar-refractivity contribution in [2.24, 2.45) is 0 Å². The molecule has 204 valence electrons. The fourth-order valence-corrected chi connectivity index (χ4v) is 3.96. The number of hydrogen-bond donors (Lipinski definition) is 2. The van der Waals surface area contributed by atoms with Gasteiger partial charge < -0.3 is 18.6 Å². The van der Waals surface area contributed by atoms with Crippen LogP contribution >= 0.6 is 0 Å². The summed E-state index contributed by atoms with van der Waals surface area (Å²) in [6.45, 7) is 0. The lowest BCUT2D eigenvalue weighted by atomic mass is 10.1. The standard InChI is InChI=1S/C12H6F6O6S2.C10H8O2/c13-11(14,15)25(19,20)23-9-5-1-3-7-8(9)4-2-6-10(7)24-26(21,22)12(16,17)18;11-9-5-1-3-7-8(9)4-2-6-10(7)12/h1-6H;1-6,11-12H. The molecule has 16 heteroatoms. The molecule has 2 N–H and O–H groups in total. The fraction of sp³-hybridized carbons (Fsp3) is 0.0909. The number of hydrogen-bond acceptors (Lipinski definition) is 8. The maximum absolute atomic E-state index is 12.4. The lowest BCUT2D eigenvalue weighted by molar-refractivity contribution is -0.0504. The maximum atomic E-state index is 12.4. The van der Waals surface area contributed by atoms with Gasteiger partial charge in [0.2, 0.25) is 0 Å². The maximum Gasteiger partial charge on any atom is 0.534 e.